The van der Waals surface area contributed by atoms with Crippen LogP contribution in [0.5, 0.6) is 0 Å². The number of carbonyl (C=O) groups is 2. The van der Waals surface area contributed by atoms with Gasteiger partial charge in [-0.3, -0.25) is 14.7 Å². The van der Waals surface area contributed by atoms with Gasteiger partial charge in [0.15, 0.2) is 17.0 Å². The zero-order chi connectivity index (χ0) is 28.2. The smallest absolute Gasteiger partial charge is 0.404 e. The van der Waals surface area contributed by atoms with E-state index in [1.54, 1.807) is 12.5 Å². The zero-order valence-corrected chi connectivity index (χ0v) is 23.0. The third kappa shape index (κ3) is 6.49. The number of piperidine rings is 2. The molecular formula is C27H36N10O4. The van der Waals surface area contributed by atoms with Crippen molar-refractivity contribution in [1.82, 2.24) is 40.5 Å². The number of pyridine rings is 1. The van der Waals surface area contributed by atoms with Crippen LogP contribution in [-0.2, 0) is 11.3 Å². The second kappa shape index (κ2) is 12.2. The van der Waals surface area contributed by atoms with E-state index in [0.29, 0.717) is 32.0 Å². The first kappa shape index (κ1) is 27.1. The molecule has 6 rings (SSSR count). The zero-order valence-electron chi connectivity index (χ0n) is 23.0. The van der Waals surface area contributed by atoms with Crippen LogP contribution in [0.15, 0.2) is 24.7 Å². The Hall–Kier alpha value is -4.04. The fraction of sp³-hybridized carbons (Fsp3) is 0.556. The van der Waals surface area contributed by atoms with E-state index in [4.69, 9.17) is 14.8 Å². The van der Waals surface area contributed by atoms with E-state index in [1.807, 2.05) is 12.1 Å². The predicted octanol–water partition coefficient (Wildman–Crippen LogP) is 1.22. The summed E-state index contributed by atoms with van der Waals surface area (Å²) < 4.78 is 5.47. The first-order chi connectivity index (χ1) is 20.0. The summed E-state index contributed by atoms with van der Waals surface area (Å²) in [5.74, 6) is 1.42. The highest BCUT2D eigenvalue weighted by atomic mass is 16.5. The second-order valence-electron chi connectivity index (χ2n) is 10.9. The maximum atomic E-state index is 13.1. The summed E-state index contributed by atoms with van der Waals surface area (Å²) in [6, 6.07) is 3.71. The van der Waals surface area contributed by atoms with Crippen molar-refractivity contribution in [3.05, 3.63) is 35.9 Å². The van der Waals surface area contributed by atoms with Gasteiger partial charge in [-0.05, 0) is 49.9 Å². The van der Waals surface area contributed by atoms with Crippen molar-refractivity contribution < 1.29 is 19.4 Å². The van der Waals surface area contributed by atoms with Crippen molar-refractivity contribution >= 4 is 34.9 Å². The molecule has 41 heavy (non-hydrogen) atoms. The Kier molecular flexibility index (Phi) is 8.09. The number of aromatic nitrogens is 5. The lowest BCUT2D eigenvalue weighted by molar-refractivity contribution is 0.0925. The number of morpholine rings is 1. The van der Waals surface area contributed by atoms with Crippen molar-refractivity contribution in [2.75, 3.05) is 62.3 Å². The summed E-state index contributed by atoms with van der Waals surface area (Å²) in [7, 11) is 0. The van der Waals surface area contributed by atoms with Gasteiger partial charge in [0, 0.05) is 57.5 Å². The molecule has 0 aliphatic carbocycles. The summed E-state index contributed by atoms with van der Waals surface area (Å²) in [5, 5.41) is 14.8. The SMILES string of the molecule is O=C(O)NC1CCCN(Cc2ccnc(C(=O)NC3CCN(c4nc5c(N6CCOCC6)ncnc5[nH]4)CC3)c2)C1. The average molecular weight is 565 g/mol. The number of imidazole rings is 1. The molecule has 0 bridgehead atoms. The van der Waals surface area contributed by atoms with Crippen molar-refractivity contribution in [1.29, 1.82) is 0 Å². The number of carbonyl (C=O) groups excluding carboxylic acids is 1. The van der Waals surface area contributed by atoms with Gasteiger partial charge in [0.1, 0.15) is 12.0 Å². The molecule has 0 radical (unpaired) electrons. The highest BCUT2D eigenvalue weighted by Gasteiger charge is 2.26. The molecule has 3 saturated heterocycles. The topological polar surface area (TPSA) is 165 Å². The number of hydrogen-bond donors (Lipinski definition) is 4. The minimum Gasteiger partial charge on any atom is -0.465 e. The molecule has 3 aliphatic heterocycles. The summed E-state index contributed by atoms with van der Waals surface area (Å²) in [5.41, 5.74) is 2.87. The van der Waals surface area contributed by atoms with Crippen molar-refractivity contribution in [2.24, 2.45) is 0 Å². The van der Waals surface area contributed by atoms with Gasteiger partial charge in [-0.25, -0.2) is 19.7 Å². The molecule has 0 aromatic carbocycles. The van der Waals surface area contributed by atoms with E-state index in [2.05, 4.69) is 45.3 Å². The van der Waals surface area contributed by atoms with Crippen LogP contribution in [0.4, 0.5) is 16.6 Å². The first-order valence-corrected chi connectivity index (χ1v) is 14.3. The molecule has 0 spiro atoms. The third-order valence-electron chi connectivity index (χ3n) is 7.99. The minimum absolute atomic E-state index is 0.0437. The number of likely N-dealkylation sites (tertiary alicyclic amines) is 1. The molecule has 14 nitrogen and oxygen atoms in total. The normalized spacial score (nSPS) is 20.7. The predicted molar refractivity (Wildman–Crippen MR) is 151 cm³/mol. The first-order valence-electron chi connectivity index (χ1n) is 14.3. The number of nitrogens with one attached hydrogen (secondary N) is 3. The van der Waals surface area contributed by atoms with Gasteiger partial charge in [-0.15, -0.1) is 0 Å². The van der Waals surface area contributed by atoms with Crippen molar-refractivity contribution in [3.63, 3.8) is 0 Å². The fourth-order valence-corrected chi connectivity index (χ4v) is 5.90. The molecule has 1 unspecified atom stereocenters. The van der Waals surface area contributed by atoms with Crippen molar-refractivity contribution in [3.8, 4) is 0 Å². The summed E-state index contributed by atoms with van der Waals surface area (Å²) in [6.07, 6.45) is 5.59. The maximum Gasteiger partial charge on any atom is 0.404 e. The number of aromatic amines is 1. The van der Waals surface area contributed by atoms with Gasteiger partial charge >= 0.3 is 6.09 Å². The average Bonchev–Trinajstić information content (AvgIpc) is 3.43. The highest BCUT2D eigenvalue weighted by Crippen LogP contribution is 2.26. The Balaban J connectivity index is 1.03. The van der Waals surface area contributed by atoms with Crippen LogP contribution in [0.25, 0.3) is 11.2 Å². The number of ether oxygens (including phenoxy) is 1. The van der Waals surface area contributed by atoms with Gasteiger partial charge in [0.25, 0.3) is 5.91 Å². The fourth-order valence-electron chi connectivity index (χ4n) is 5.90. The van der Waals surface area contributed by atoms with Crippen LogP contribution >= 0.6 is 0 Å². The Labute approximate surface area is 237 Å². The van der Waals surface area contributed by atoms with E-state index in [0.717, 1.165) is 86.9 Å². The number of carboxylic acid groups (broad SMARTS) is 1. The lowest BCUT2D eigenvalue weighted by Crippen LogP contribution is -2.47. The van der Waals surface area contributed by atoms with Crippen LogP contribution in [0.2, 0.25) is 0 Å². The van der Waals surface area contributed by atoms with Crippen LogP contribution in [0.3, 0.4) is 0 Å². The maximum absolute atomic E-state index is 13.1. The minimum atomic E-state index is -0.990. The summed E-state index contributed by atoms with van der Waals surface area (Å²) in [4.78, 5) is 52.1. The monoisotopic (exact) mass is 564 g/mol. The molecule has 14 heteroatoms. The molecule has 3 fully saturated rings. The molecule has 4 N–H and O–H groups in total. The van der Waals surface area contributed by atoms with Gasteiger partial charge in [-0.2, -0.15) is 0 Å². The van der Waals surface area contributed by atoms with E-state index in [-0.39, 0.29) is 18.0 Å². The lowest BCUT2D eigenvalue weighted by atomic mass is 10.0. The molecule has 2 amide bonds. The highest BCUT2D eigenvalue weighted by molar-refractivity contribution is 5.92. The number of amides is 2. The van der Waals surface area contributed by atoms with Gasteiger partial charge in [0.2, 0.25) is 5.95 Å². The van der Waals surface area contributed by atoms with E-state index in [1.165, 1.54) is 0 Å². The van der Waals surface area contributed by atoms with Crippen LogP contribution in [0, 0.1) is 0 Å². The Bertz CT molecular complexity index is 1370. The summed E-state index contributed by atoms with van der Waals surface area (Å²) >= 11 is 0. The number of nitrogens with zero attached hydrogens (tertiary/aromatic N) is 7. The molecule has 3 aromatic heterocycles. The van der Waals surface area contributed by atoms with Crippen LogP contribution in [0.1, 0.15) is 41.7 Å². The van der Waals surface area contributed by atoms with Gasteiger partial charge in [0.05, 0.1) is 13.2 Å². The summed E-state index contributed by atoms with van der Waals surface area (Å²) in [6.45, 7) is 6.60. The number of H-pyrrole nitrogens is 1. The van der Waals surface area contributed by atoms with Crippen molar-refractivity contribution in [2.45, 2.75) is 44.3 Å². The number of rotatable bonds is 7. The standard InChI is InChI=1S/C27H36N10O4/c38-25(21-14-18(3-6-28-21)15-35-7-1-2-20(16-35)32-27(39)40)31-19-4-8-37(9-5-19)26-33-22-23(34-26)29-17-30-24(22)36-10-12-41-13-11-36/h3,6,14,17,19-20,32H,1-2,4-5,7-13,15-16H2,(H,31,38)(H,39,40)(H,29,30,33,34). The molecule has 218 valence electrons. The molecule has 3 aromatic rings. The number of hydrogen-bond acceptors (Lipinski definition) is 10. The molecule has 3 aliphatic rings. The third-order valence-corrected chi connectivity index (χ3v) is 7.99. The molecule has 0 saturated carbocycles. The van der Waals surface area contributed by atoms with Gasteiger partial charge in [-0.1, -0.05) is 0 Å². The Morgan fingerprint density at radius 1 is 1.00 bits per heavy atom. The van der Waals surface area contributed by atoms with Crippen LogP contribution in [-0.4, -0.2) is 111 Å². The van der Waals surface area contributed by atoms with E-state index < -0.39 is 6.09 Å². The molecular weight excluding hydrogens is 528 g/mol. The molecule has 1 atom stereocenters. The second-order valence-corrected chi connectivity index (χ2v) is 10.9. The largest absolute Gasteiger partial charge is 0.465 e. The Morgan fingerprint density at radius 3 is 2.63 bits per heavy atom. The quantitative estimate of drug-likeness (QED) is 0.326. The van der Waals surface area contributed by atoms with E-state index in [9.17, 15) is 9.59 Å². The lowest BCUT2D eigenvalue weighted by Gasteiger charge is -2.32. The van der Waals surface area contributed by atoms with Gasteiger partial charge < -0.3 is 35.3 Å². The van der Waals surface area contributed by atoms with Crippen LogP contribution < -0.4 is 20.4 Å². The van der Waals surface area contributed by atoms with E-state index >= 15 is 0 Å². The number of fused-ring (bicyclic) bond motifs is 1. The number of anilines is 2. The Morgan fingerprint density at radius 2 is 1.83 bits per heavy atom. The molecule has 6 heterocycles.